The molecule has 0 radical (unpaired) electrons. The fourth-order valence-corrected chi connectivity index (χ4v) is 3.40. The second-order valence-electron chi connectivity index (χ2n) is 6.76. The average Bonchev–Trinajstić information content (AvgIpc) is 2.55. The van der Waals surface area contributed by atoms with Crippen molar-refractivity contribution in [2.45, 2.75) is 45.9 Å². The zero-order valence-electron chi connectivity index (χ0n) is 15.7. The van der Waals surface area contributed by atoms with E-state index in [4.69, 9.17) is 4.74 Å². The number of ether oxygens (including phenoxy) is 1. The maximum atomic E-state index is 13.1. The van der Waals surface area contributed by atoms with Gasteiger partial charge in [-0.3, -0.25) is 4.90 Å². The molecular weight excluding hydrogens is 321 g/mol. The molecule has 1 aliphatic rings. The first kappa shape index (κ1) is 19.7. The zero-order chi connectivity index (χ0) is 18.4. The zero-order valence-corrected chi connectivity index (χ0v) is 15.7. The van der Waals surface area contributed by atoms with Crippen LogP contribution in [0.3, 0.4) is 0 Å². The topological polar surface area (TPSA) is 44.8 Å². The Bertz CT molecular complexity index is 542. The molecule has 1 fully saturated rings. The average molecular weight is 351 g/mol. The van der Waals surface area contributed by atoms with E-state index in [-0.39, 0.29) is 30.1 Å². The minimum absolute atomic E-state index is 0.0892. The van der Waals surface area contributed by atoms with Gasteiger partial charge in [-0.25, -0.2) is 9.18 Å². The molecule has 0 bridgehead atoms. The van der Waals surface area contributed by atoms with E-state index in [1.165, 1.54) is 12.1 Å². The molecule has 1 N–H and O–H groups in total. The van der Waals surface area contributed by atoms with E-state index in [9.17, 15) is 9.18 Å². The molecule has 1 aliphatic heterocycles. The Kier molecular flexibility index (Phi) is 7.20. The van der Waals surface area contributed by atoms with Crippen molar-refractivity contribution >= 4 is 6.03 Å². The lowest BCUT2D eigenvalue weighted by molar-refractivity contribution is -0.0672. The number of carbonyl (C=O) groups is 1. The first-order valence-electron chi connectivity index (χ1n) is 9.08. The van der Waals surface area contributed by atoms with Crippen molar-refractivity contribution in [3.8, 4) is 0 Å². The maximum absolute atomic E-state index is 13.1. The van der Waals surface area contributed by atoms with Crippen molar-refractivity contribution in [2.24, 2.45) is 0 Å². The van der Waals surface area contributed by atoms with Crippen molar-refractivity contribution in [3.63, 3.8) is 0 Å². The van der Waals surface area contributed by atoms with Crippen molar-refractivity contribution in [3.05, 3.63) is 35.6 Å². The predicted octanol–water partition coefficient (Wildman–Crippen LogP) is 3.03. The molecule has 2 amide bonds. The van der Waals surface area contributed by atoms with Gasteiger partial charge in [-0.1, -0.05) is 12.1 Å². The Labute approximate surface area is 150 Å². The van der Waals surface area contributed by atoms with Gasteiger partial charge in [0.05, 0.1) is 18.2 Å². The van der Waals surface area contributed by atoms with Gasteiger partial charge in [0.15, 0.2) is 0 Å². The molecule has 0 spiro atoms. The fraction of sp³-hybridized carbons (Fsp3) is 0.632. The maximum Gasteiger partial charge on any atom is 0.317 e. The first-order valence-corrected chi connectivity index (χ1v) is 9.08. The Balaban J connectivity index is 1.84. The van der Waals surface area contributed by atoms with Gasteiger partial charge < -0.3 is 15.0 Å². The van der Waals surface area contributed by atoms with Gasteiger partial charge in [-0.05, 0) is 45.4 Å². The number of halogens is 1. The van der Waals surface area contributed by atoms with Crippen LogP contribution in [-0.4, -0.2) is 60.8 Å². The van der Waals surface area contributed by atoms with Crippen molar-refractivity contribution < 1.29 is 13.9 Å². The molecule has 1 saturated heterocycles. The van der Waals surface area contributed by atoms with E-state index in [0.717, 1.165) is 25.2 Å². The molecular formula is C19H30FN3O2. The van der Waals surface area contributed by atoms with Crippen LogP contribution in [0.2, 0.25) is 0 Å². The lowest BCUT2D eigenvalue weighted by Crippen LogP contribution is -2.49. The summed E-state index contributed by atoms with van der Waals surface area (Å²) in [6.07, 6.45) is 0.454. The summed E-state index contributed by atoms with van der Waals surface area (Å²) in [4.78, 5) is 16.6. The Morgan fingerprint density at radius 3 is 2.48 bits per heavy atom. The summed E-state index contributed by atoms with van der Waals surface area (Å²) < 4.78 is 18.8. The third-order valence-electron chi connectivity index (χ3n) is 4.62. The highest BCUT2D eigenvalue weighted by atomic mass is 19.1. The largest absolute Gasteiger partial charge is 0.373 e. The van der Waals surface area contributed by atoms with E-state index in [1.807, 2.05) is 13.8 Å². The van der Waals surface area contributed by atoms with E-state index < -0.39 is 0 Å². The molecule has 1 aromatic carbocycles. The molecule has 0 aromatic heterocycles. The van der Waals surface area contributed by atoms with Crippen LogP contribution < -0.4 is 5.32 Å². The van der Waals surface area contributed by atoms with Gasteiger partial charge in [-0.15, -0.1) is 0 Å². The van der Waals surface area contributed by atoms with Crippen LogP contribution in [-0.2, 0) is 4.74 Å². The Morgan fingerprint density at radius 2 is 1.92 bits per heavy atom. The van der Waals surface area contributed by atoms with E-state index in [1.54, 1.807) is 17.0 Å². The van der Waals surface area contributed by atoms with Crippen molar-refractivity contribution in [1.82, 2.24) is 15.1 Å². The number of rotatable bonds is 6. The summed E-state index contributed by atoms with van der Waals surface area (Å²) in [5.74, 6) is -0.266. The van der Waals surface area contributed by atoms with Crippen LogP contribution in [0.5, 0.6) is 0 Å². The van der Waals surface area contributed by atoms with Gasteiger partial charge in [0.1, 0.15) is 5.82 Å². The van der Waals surface area contributed by atoms with Gasteiger partial charge in [0, 0.05) is 32.7 Å². The third kappa shape index (κ3) is 5.68. The second-order valence-corrected chi connectivity index (χ2v) is 6.76. The summed E-state index contributed by atoms with van der Waals surface area (Å²) in [7, 11) is 0. The number of hydrogen-bond donors (Lipinski definition) is 1. The molecule has 0 saturated carbocycles. The molecule has 6 heteroatoms. The van der Waals surface area contributed by atoms with Crippen molar-refractivity contribution in [1.29, 1.82) is 0 Å². The molecule has 2 rings (SSSR count). The number of nitrogens with zero attached hydrogens (tertiary/aromatic N) is 2. The normalized spacial score (nSPS) is 22.4. The molecule has 1 heterocycles. The molecule has 5 nitrogen and oxygen atoms in total. The van der Waals surface area contributed by atoms with Gasteiger partial charge in [0.2, 0.25) is 0 Å². The van der Waals surface area contributed by atoms with Crippen LogP contribution in [0, 0.1) is 5.82 Å². The van der Waals surface area contributed by atoms with E-state index in [0.29, 0.717) is 13.1 Å². The lowest BCUT2D eigenvalue weighted by atomic mass is 10.1. The number of benzene rings is 1. The number of hydrogen-bond acceptors (Lipinski definition) is 3. The monoisotopic (exact) mass is 351 g/mol. The molecule has 140 valence electrons. The third-order valence-corrected chi connectivity index (χ3v) is 4.62. The van der Waals surface area contributed by atoms with Gasteiger partial charge >= 0.3 is 6.03 Å². The highest BCUT2D eigenvalue weighted by Gasteiger charge is 2.23. The van der Waals surface area contributed by atoms with Gasteiger partial charge in [-0.2, -0.15) is 0 Å². The highest BCUT2D eigenvalue weighted by molar-refractivity contribution is 5.74. The van der Waals surface area contributed by atoms with Crippen molar-refractivity contribution in [2.75, 3.05) is 32.7 Å². The smallest absolute Gasteiger partial charge is 0.317 e. The van der Waals surface area contributed by atoms with Crippen LogP contribution in [0.1, 0.15) is 39.3 Å². The van der Waals surface area contributed by atoms with E-state index >= 15 is 0 Å². The molecule has 0 aliphatic carbocycles. The number of carbonyl (C=O) groups excluding carboxylic acids is 1. The minimum Gasteiger partial charge on any atom is -0.373 e. The quantitative estimate of drug-likeness (QED) is 0.857. The number of urea groups is 1. The van der Waals surface area contributed by atoms with Crippen LogP contribution in [0.15, 0.2) is 24.3 Å². The molecule has 1 aromatic rings. The summed E-state index contributed by atoms with van der Waals surface area (Å²) >= 11 is 0. The summed E-state index contributed by atoms with van der Waals surface area (Å²) in [5, 5.41) is 3.00. The summed E-state index contributed by atoms with van der Waals surface area (Å²) in [6.45, 7) is 11.8. The SMILES string of the molecule is CCN(C(=O)NCCN1CC(C)OC(C)C1)C(C)c1ccc(F)cc1. The lowest BCUT2D eigenvalue weighted by Gasteiger charge is -2.35. The highest BCUT2D eigenvalue weighted by Crippen LogP contribution is 2.20. The fourth-order valence-electron chi connectivity index (χ4n) is 3.40. The predicted molar refractivity (Wildman–Crippen MR) is 97.0 cm³/mol. The first-order chi connectivity index (χ1) is 11.9. The van der Waals surface area contributed by atoms with Crippen LogP contribution >= 0.6 is 0 Å². The standard InChI is InChI=1S/C19H30FN3O2/c1-5-23(16(4)17-6-8-18(20)9-7-17)19(24)21-10-11-22-12-14(2)25-15(3)13-22/h6-9,14-16H,5,10-13H2,1-4H3,(H,21,24). The number of nitrogens with one attached hydrogen (secondary N) is 1. The molecule has 3 unspecified atom stereocenters. The van der Waals surface area contributed by atoms with Crippen LogP contribution in [0.4, 0.5) is 9.18 Å². The number of amides is 2. The molecule has 3 atom stereocenters. The number of morpholine rings is 1. The Morgan fingerprint density at radius 1 is 1.32 bits per heavy atom. The molecule has 25 heavy (non-hydrogen) atoms. The minimum atomic E-state index is -0.266. The summed E-state index contributed by atoms with van der Waals surface area (Å²) in [6, 6.07) is 6.12. The summed E-state index contributed by atoms with van der Waals surface area (Å²) in [5.41, 5.74) is 0.925. The van der Waals surface area contributed by atoms with Crippen LogP contribution in [0.25, 0.3) is 0 Å². The van der Waals surface area contributed by atoms with Gasteiger partial charge in [0.25, 0.3) is 0 Å². The van der Waals surface area contributed by atoms with E-state index in [2.05, 4.69) is 24.1 Å². The Hall–Kier alpha value is -1.66. The second kappa shape index (κ2) is 9.15.